The quantitative estimate of drug-likeness (QED) is 0.672. The van der Waals surface area contributed by atoms with Gasteiger partial charge in [0.25, 0.3) is 5.91 Å². The van der Waals surface area contributed by atoms with E-state index in [9.17, 15) is 13.2 Å². The highest BCUT2D eigenvalue weighted by Gasteiger charge is 2.16. The van der Waals surface area contributed by atoms with Gasteiger partial charge in [-0.2, -0.15) is 0 Å². The van der Waals surface area contributed by atoms with Gasteiger partial charge in [-0.3, -0.25) is 4.79 Å². The first-order chi connectivity index (χ1) is 11.0. The van der Waals surface area contributed by atoms with Crippen LogP contribution in [0.25, 0.3) is 0 Å². The highest BCUT2D eigenvalue weighted by Crippen LogP contribution is 2.11. The summed E-state index contributed by atoms with van der Waals surface area (Å²) in [6.07, 6.45) is 1.77. The summed E-state index contributed by atoms with van der Waals surface area (Å²) in [6.45, 7) is 2.41. The molecule has 0 radical (unpaired) electrons. The molecule has 1 atom stereocenters. The van der Waals surface area contributed by atoms with Gasteiger partial charge in [0.15, 0.2) is 0 Å². The largest absolute Gasteiger partial charge is 0.379 e. The van der Waals surface area contributed by atoms with Crippen molar-refractivity contribution in [2.75, 3.05) is 33.4 Å². The van der Waals surface area contributed by atoms with E-state index in [-0.39, 0.29) is 16.9 Å². The van der Waals surface area contributed by atoms with Crippen molar-refractivity contribution in [2.24, 2.45) is 0 Å². The minimum absolute atomic E-state index is 0.0669. The number of rotatable bonds is 8. The molecule has 0 aromatic heterocycles. The summed E-state index contributed by atoms with van der Waals surface area (Å²) in [5.74, 6) is -0.303. The van der Waals surface area contributed by atoms with Gasteiger partial charge in [-0.1, -0.05) is 6.07 Å². The molecule has 1 aliphatic heterocycles. The number of nitrogens with one attached hydrogen (secondary N) is 2. The topological polar surface area (TPSA) is 93.7 Å². The monoisotopic (exact) mass is 342 g/mol. The van der Waals surface area contributed by atoms with E-state index in [1.54, 1.807) is 12.1 Å². The van der Waals surface area contributed by atoms with Crippen molar-refractivity contribution in [1.82, 2.24) is 10.0 Å². The molecule has 1 aromatic carbocycles. The number of carbonyl (C=O) groups excluding carboxylic acids is 1. The molecule has 128 valence electrons. The number of benzene rings is 1. The van der Waals surface area contributed by atoms with E-state index < -0.39 is 10.0 Å². The van der Waals surface area contributed by atoms with Gasteiger partial charge in [0.2, 0.25) is 10.0 Å². The Balaban J connectivity index is 1.78. The lowest BCUT2D eigenvalue weighted by Crippen LogP contribution is -2.26. The summed E-state index contributed by atoms with van der Waals surface area (Å²) in [5, 5.41) is 2.76. The van der Waals surface area contributed by atoms with Crippen LogP contribution >= 0.6 is 0 Å². The first-order valence-electron chi connectivity index (χ1n) is 7.54. The molecule has 2 N–H and O–H groups in total. The molecular weight excluding hydrogens is 320 g/mol. The molecule has 7 nitrogen and oxygen atoms in total. The van der Waals surface area contributed by atoms with E-state index >= 15 is 0 Å². The predicted octanol–water partition coefficient (Wildman–Crippen LogP) is 0.520. The fraction of sp³-hybridized carbons (Fsp3) is 0.533. The molecule has 0 spiro atoms. The van der Waals surface area contributed by atoms with Crippen LogP contribution < -0.4 is 10.0 Å². The van der Waals surface area contributed by atoms with Crippen LogP contribution in [0, 0.1) is 0 Å². The molecule has 23 heavy (non-hydrogen) atoms. The Kier molecular flexibility index (Phi) is 6.52. The maximum atomic E-state index is 12.0. The van der Waals surface area contributed by atoms with E-state index in [1.807, 2.05) is 0 Å². The molecule has 0 aliphatic carbocycles. The lowest BCUT2D eigenvalue weighted by Gasteiger charge is -2.10. The maximum Gasteiger partial charge on any atom is 0.251 e. The van der Waals surface area contributed by atoms with E-state index in [4.69, 9.17) is 9.47 Å². The molecular formula is C15H22N2O5S. The zero-order chi connectivity index (χ0) is 16.7. The average molecular weight is 342 g/mol. The van der Waals surface area contributed by atoms with Gasteiger partial charge in [0.1, 0.15) is 0 Å². The van der Waals surface area contributed by atoms with Crippen LogP contribution in [0.4, 0.5) is 0 Å². The molecule has 2 rings (SSSR count). The summed E-state index contributed by atoms with van der Waals surface area (Å²) >= 11 is 0. The minimum Gasteiger partial charge on any atom is -0.379 e. The van der Waals surface area contributed by atoms with Gasteiger partial charge in [-0.25, -0.2) is 13.1 Å². The smallest absolute Gasteiger partial charge is 0.251 e. The second-order valence-corrected chi connectivity index (χ2v) is 7.09. The highest BCUT2D eigenvalue weighted by molar-refractivity contribution is 7.89. The van der Waals surface area contributed by atoms with E-state index in [0.717, 1.165) is 13.0 Å². The zero-order valence-electron chi connectivity index (χ0n) is 13.1. The number of amides is 1. The summed E-state index contributed by atoms with van der Waals surface area (Å²) in [7, 11) is -2.22. The highest BCUT2D eigenvalue weighted by atomic mass is 32.2. The summed E-state index contributed by atoms with van der Waals surface area (Å²) in [4.78, 5) is 12.1. The van der Waals surface area contributed by atoms with Crippen molar-refractivity contribution in [3.63, 3.8) is 0 Å². The molecule has 1 unspecified atom stereocenters. The summed E-state index contributed by atoms with van der Waals surface area (Å²) in [5.41, 5.74) is 0.312. The minimum atomic E-state index is -3.55. The Hall–Kier alpha value is -1.48. The van der Waals surface area contributed by atoms with Gasteiger partial charge in [-0.15, -0.1) is 0 Å². The molecule has 8 heteroatoms. The standard InChI is InChI=1S/C15H22N2O5S/c1-16-23(19,20)14-5-2-4-12(10-14)15(18)17-7-3-8-22-13-6-9-21-11-13/h2,4-5,10,13,16H,3,6-9,11H2,1H3,(H,17,18). The molecule has 1 aliphatic rings. The molecule has 1 saturated heterocycles. The third kappa shape index (κ3) is 5.28. The first kappa shape index (κ1) is 17.9. The van der Waals surface area contributed by atoms with Crippen LogP contribution in [0.15, 0.2) is 29.2 Å². The normalized spacial score (nSPS) is 18.0. The van der Waals surface area contributed by atoms with Crippen molar-refractivity contribution >= 4 is 15.9 Å². The van der Waals surface area contributed by atoms with Crippen LogP contribution in [0.5, 0.6) is 0 Å². The molecule has 0 saturated carbocycles. The Bertz CT molecular complexity index is 627. The predicted molar refractivity (Wildman–Crippen MR) is 84.8 cm³/mol. The van der Waals surface area contributed by atoms with Gasteiger partial charge in [0.05, 0.1) is 17.6 Å². The van der Waals surface area contributed by atoms with Crippen LogP contribution in [0.3, 0.4) is 0 Å². The van der Waals surface area contributed by atoms with Crippen LogP contribution in [0.1, 0.15) is 23.2 Å². The van der Waals surface area contributed by atoms with Gasteiger partial charge in [-0.05, 0) is 38.1 Å². The Morgan fingerprint density at radius 1 is 1.43 bits per heavy atom. The van der Waals surface area contributed by atoms with Gasteiger partial charge < -0.3 is 14.8 Å². The van der Waals surface area contributed by atoms with E-state index in [2.05, 4.69) is 10.0 Å². The number of carbonyl (C=O) groups is 1. The van der Waals surface area contributed by atoms with Crippen LogP contribution in [0.2, 0.25) is 0 Å². The van der Waals surface area contributed by atoms with Crippen molar-refractivity contribution in [1.29, 1.82) is 0 Å². The second kappa shape index (κ2) is 8.39. The van der Waals surface area contributed by atoms with E-state index in [1.165, 1.54) is 19.2 Å². The fourth-order valence-electron chi connectivity index (χ4n) is 2.19. The third-order valence-corrected chi connectivity index (χ3v) is 4.94. The fourth-order valence-corrected chi connectivity index (χ4v) is 2.97. The van der Waals surface area contributed by atoms with Crippen molar-refractivity contribution in [3.05, 3.63) is 29.8 Å². The van der Waals surface area contributed by atoms with E-state index in [0.29, 0.717) is 31.7 Å². The molecule has 1 amide bonds. The zero-order valence-corrected chi connectivity index (χ0v) is 13.9. The first-order valence-corrected chi connectivity index (χ1v) is 9.02. The average Bonchev–Trinajstić information content (AvgIpc) is 3.08. The van der Waals surface area contributed by atoms with Crippen molar-refractivity contribution in [2.45, 2.75) is 23.8 Å². The van der Waals surface area contributed by atoms with Crippen LogP contribution in [-0.2, 0) is 19.5 Å². The molecule has 0 bridgehead atoms. The Morgan fingerprint density at radius 3 is 2.96 bits per heavy atom. The maximum absolute atomic E-state index is 12.0. The number of ether oxygens (including phenoxy) is 2. The van der Waals surface area contributed by atoms with Crippen LogP contribution in [-0.4, -0.2) is 53.8 Å². The third-order valence-electron chi connectivity index (χ3n) is 3.52. The Labute approximate surface area is 136 Å². The molecule has 1 heterocycles. The number of sulfonamides is 1. The number of hydrogen-bond acceptors (Lipinski definition) is 5. The lowest BCUT2D eigenvalue weighted by molar-refractivity contribution is 0.0415. The summed E-state index contributed by atoms with van der Waals surface area (Å²) < 4.78 is 36.5. The van der Waals surface area contributed by atoms with Crippen molar-refractivity contribution in [3.8, 4) is 0 Å². The van der Waals surface area contributed by atoms with Crippen molar-refractivity contribution < 1.29 is 22.7 Å². The SMILES string of the molecule is CNS(=O)(=O)c1cccc(C(=O)NCCCOC2CCOC2)c1. The molecule has 1 aromatic rings. The second-order valence-electron chi connectivity index (χ2n) is 5.20. The Morgan fingerprint density at radius 2 is 2.26 bits per heavy atom. The summed E-state index contributed by atoms with van der Waals surface area (Å²) in [6, 6.07) is 5.92. The number of hydrogen-bond donors (Lipinski definition) is 2. The van der Waals surface area contributed by atoms with Gasteiger partial charge in [0, 0.05) is 25.3 Å². The van der Waals surface area contributed by atoms with Gasteiger partial charge >= 0.3 is 0 Å². The lowest BCUT2D eigenvalue weighted by atomic mass is 10.2. The molecule has 1 fully saturated rings.